The molecule has 1 heterocycles. The Kier molecular flexibility index (Phi) is 5.17. The number of ether oxygens (including phenoxy) is 1. The Balaban J connectivity index is 1.69. The van der Waals surface area contributed by atoms with Crippen molar-refractivity contribution >= 4 is 16.9 Å². The third-order valence-electron chi connectivity index (χ3n) is 4.05. The quantitative estimate of drug-likeness (QED) is 0.648. The highest BCUT2D eigenvalue weighted by Gasteiger charge is 2.11. The number of aromatic nitrogens is 2. The lowest BCUT2D eigenvalue weighted by Gasteiger charge is -2.10. The van der Waals surface area contributed by atoms with Crippen molar-refractivity contribution in [2.75, 3.05) is 13.7 Å². The largest absolute Gasteiger partial charge is 0.497 e. The van der Waals surface area contributed by atoms with Crippen LogP contribution in [0.15, 0.2) is 58.1 Å². The van der Waals surface area contributed by atoms with Gasteiger partial charge >= 0.3 is 11.1 Å². The van der Waals surface area contributed by atoms with Gasteiger partial charge in [-0.15, -0.1) is 0 Å². The zero-order valence-electron chi connectivity index (χ0n) is 14.3. The van der Waals surface area contributed by atoms with Gasteiger partial charge in [0.1, 0.15) is 12.3 Å². The van der Waals surface area contributed by atoms with E-state index in [4.69, 9.17) is 4.74 Å². The number of aromatic amines is 1. The Hall–Kier alpha value is -3.35. The lowest BCUT2D eigenvalue weighted by molar-refractivity contribution is -0.121. The van der Waals surface area contributed by atoms with Crippen LogP contribution in [0.4, 0.5) is 0 Å². The number of hydrogen-bond acceptors (Lipinski definition) is 4. The molecule has 0 aliphatic carbocycles. The molecule has 0 fully saturated rings. The summed E-state index contributed by atoms with van der Waals surface area (Å²) in [4.78, 5) is 38.6. The highest BCUT2D eigenvalue weighted by molar-refractivity contribution is 5.79. The number of carbonyl (C=O) groups is 1. The van der Waals surface area contributed by atoms with Crippen LogP contribution in [-0.2, 0) is 17.8 Å². The van der Waals surface area contributed by atoms with Crippen LogP contribution in [0.2, 0.25) is 0 Å². The van der Waals surface area contributed by atoms with Gasteiger partial charge in [-0.25, -0.2) is 0 Å². The first kappa shape index (κ1) is 17.5. The van der Waals surface area contributed by atoms with Gasteiger partial charge in [0, 0.05) is 6.54 Å². The van der Waals surface area contributed by atoms with E-state index in [-0.39, 0.29) is 12.5 Å². The molecule has 1 amide bonds. The van der Waals surface area contributed by atoms with Crippen LogP contribution in [0.5, 0.6) is 5.75 Å². The molecule has 0 atom stereocenters. The van der Waals surface area contributed by atoms with Crippen molar-refractivity contribution in [3.8, 4) is 5.75 Å². The molecule has 3 aromatic rings. The Bertz CT molecular complexity index is 1050. The third-order valence-corrected chi connectivity index (χ3v) is 4.05. The van der Waals surface area contributed by atoms with Crippen molar-refractivity contribution in [1.29, 1.82) is 0 Å². The van der Waals surface area contributed by atoms with Gasteiger partial charge in [-0.2, -0.15) is 0 Å². The van der Waals surface area contributed by atoms with E-state index in [1.807, 2.05) is 24.3 Å². The number of amides is 1. The molecule has 0 aliphatic rings. The van der Waals surface area contributed by atoms with Gasteiger partial charge < -0.3 is 15.0 Å². The number of H-pyrrole nitrogens is 1. The zero-order chi connectivity index (χ0) is 18.5. The molecular formula is C19H19N3O4. The predicted octanol–water partition coefficient (Wildman–Crippen LogP) is 1.06. The van der Waals surface area contributed by atoms with Gasteiger partial charge in [0.2, 0.25) is 5.91 Å². The highest BCUT2D eigenvalue weighted by Crippen LogP contribution is 2.12. The number of rotatable bonds is 6. The highest BCUT2D eigenvalue weighted by atomic mass is 16.5. The summed E-state index contributed by atoms with van der Waals surface area (Å²) in [6.45, 7) is 0.212. The lowest BCUT2D eigenvalue weighted by Crippen LogP contribution is -2.40. The molecule has 0 bridgehead atoms. The monoisotopic (exact) mass is 353 g/mol. The normalized spacial score (nSPS) is 10.7. The molecule has 2 N–H and O–H groups in total. The van der Waals surface area contributed by atoms with Crippen LogP contribution in [0, 0.1) is 0 Å². The number of nitrogens with one attached hydrogen (secondary N) is 2. The number of benzene rings is 2. The molecule has 3 rings (SSSR count). The van der Waals surface area contributed by atoms with Crippen LogP contribution >= 0.6 is 0 Å². The summed E-state index contributed by atoms with van der Waals surface area (Å²) >= 11 is 0. The molecule has 0 radical (unpaired) electrons. The smallest absolute Gasteiger partial charge is 0.317 e. The van der Waals surface area contributed by atoms with Crippen molar-refractivity contribution in [2.45, 2.75) is 13.0 Å². The van der Waals surface area contributed by atoms with Crippen LogP contribution in [0.3, 0.4) is 0 Å². The standard InChI is InChI=1S/C19H19N3O4/c1-26-14-6-4-5-13(11-14)9-10-20-17(23)12-22-16-8-3-2-7-15(16)21-18(24)19(22)25/h2-8,11H,9-10,12H2,1H3,(H,20,23)(H,21,24). The first-order valence-corrected chi connectivity index (χ1v) is 8.20. The van der Waals surface area contributed by atoms with Gasteiger partial charge in [0.05, 0.1) is 18.1 Å². The molecule has 0 aliphatic heterocycles. The molecule has 0 saturated heterocycles. The second-order valence-electron chi connectivity index (χ2n) is 5.81. The fourth-order valence-electron chi connectivity index (χ4n) is 2.75. The summed E-state index contributed by atoms with van der Waals surface area (Å²) in [7, 11) is 1.60. The summed E-state index contributed by atoms with van der Waals surface area (Å²) in [5.41, 5.74) is 0.573. The molecule has 1 aromatic heterocycles. The van der Waals surface area contributed by atoms with Gasteiger partial charge in [-0.3, -0.25) is 19.0 Å². The van der Waals surface area contributed by atoms with Gasteiger partial charge in [0.25, 0.3) is 0 Å². The lowest BCUT2D eigenvalue weighted by atomic mass is 10.1. The minimum atomic E-state index is -0.744. The molecule has 2 aromatic carbocycles. The number of nitrogens with zero attached hydrogens (tertiary/aromatic N) is 1. The molecule has 0 unspecified atom stereocenters. The number of fused-ring (bicyclic) bond motifs is 1. The maximum Gasteiger partial charge on any atom is 0.317 e. The van der Waals surface area contributed by atoms with Crippen molar-refractivity contribution in [3.05, 3.63) is 74.8 Å². The summed E-state index contributed by atoms with van der Waals surface area (Å²) in [6.07, 6.45) is 0.633. The Morgan fingerprint density at radius 1 is 1.15 bits per heavy atom. The van der Waals surface area contributed by atoms with Crippen molar-refractivity contribution in [1.82, 2.24) is 14.9 Å². The topological polar surface area (TPSA) is 93.2 Å². The van der Waals surface area contributed by atoms with Crippen molar-refractivity contribution < 1.29 is 9.53 Å². The van der Waals surface area contributed by atoms with E-state index in [0.717, 1.165) is 11.3 Å². The van der Waals surface area contributed by atoms with Crippen molar-refractivity contribution in [2.24, 2.45) is 0 Å². The average molecular weight is 353 g/mol. The minimum absolute atomic E-state index is 0.207. The second-order valence-corrected chi connectivity index (χ2v) is 5.81. The van der Waals surface area contributed by atoms with Crippen LogP contribution in [0.25, 0.3) is 11.0 Å². The average Bonchev–Trinajstić information content (AvgIpc) is 2.65. The number of carbonyl (C=O) groups excluding carboxylic acids is 1. The SMILES string of the molecule is COc1cccc(CCNC(=O)Cn2c(=O)c(=O)[nH]c3ccccc32)c1. The summed E-state index contributed by atoms with van der Waals surface area (Å²) in [5.74, 6) is 0.432. The molecule has 0 spiro atoms. The molecule has 26 heavy (non-hydrogen) atoms. The second kappa shape index (κ2) is 7.69. The summed E-state index contributed by atoms with van der Waals surface area (Å²) in [5, 5.41) is 2.78. The maximum atomic E-state index is 12.2. The number of para-hydroxylation sites is 2. The van der Waals surface area contributed by atoms with Crippen molar-refractivity contribution in [3.63, 3.8) is 0 Å². The molecule has 7 heteroatoms. The van der Waals surface area contributed by atoms with Gasteiger partial charge in [0.15, 0.2) is 0 Å². The van der Waals surface area contributed by atoms with E-state index in [9.17, 15) is 14.4 Å². The summed E-state index contributed by atoms with van der Waals surface area (Å²) < 4.78 is 6.36. The molecular weight excluding hydrogens is 334 g/mol. The van der Waals surface area contributed by atoms with E-state index in [1.165, 1.54) is 4.57 Å². The fraction of sp³-hybridized carbons (Fsp3) is 0.211. The van der Waals surface area contributed by atoms with Crippen LogP contribution in [-0.4, -0.2) is 29.1 Å². The Morgan fingerprint density at radius 3 is 2.77 bits per heavy atom. The molecule has 7 nitrogen and oxygen atoms in total. The van der Waals surface area contributed by atoms with E-state index in [2.05, 4.69) is 10.3 Å². The molecule has 134 valence electrons. The first-order chi connectivity index (χ1) is 12.6. The van der Waals surface area contributed by atoms with E-state index in [0.29, 0.717) is 24.0 Å². The van der Waals surface area contributed by atoms with Crippen LogP contribution < -0.4 is 21.2 Å². The number of methoxy groups -OCH3 is 1. The molecule has 0 saturated carbocycles. The van der Waals surface area contributed by atoms with Gasteiger partial charge in [-0.05, 0) is 36.2 Å². The zero-order valence-corrected chi connectivity index (χ0v) is 14.3. The van der Waals surface area contributed by atoms with E-state index in [1.54, 1.807) is 31.4 Å². The van der Waals surface area contributed by atoms with Gasteiger partial charge in [-0.1, -0.05) is 24.3 Å². The van der Waals surface area contributed by atoms with Crippen LogP contribution in [0.1, 0.15) is 5.56 Å². The fourth-order valence-corrected chi connectivity index (χ4v) is 2.75. The Morgan fingerprint density at radius 2 is 1.96 bits per heavy atom. The maximum absolute atomic E-state index is 12.2. The predicted molar refractivity (Wildman–Crippen MR) is 98.5 cm³/mol. The van der Waals surface area contributed by atoms with E-state index < -0.39 is 11.1 Å². The first-order valence-electron chi connectivity index (χ1n) is 8.20. The summed E-state index contributed by atoms with van der Waals surface area (Å²) in [6, 6.07) is 14.5. The van der Waals surface area contributed by atoms with E-state index >= 15 is 0 Å². The number of hydrogen-bond donors (Lipinski definition) is 2. The Labute approximate surface area is 149 Å². The minimum Gasteiger partial charge on any atom is -0.497 e. The third kappa shape index (κ3) is 3.83.